The lowest BCUT2D eigenvalue weighted by Crippen LogP contribution is -2.41. The lowest BCUT2D eigenvalue weighted by atomic mass is 9.78. The molecule has 5 heteroatoms. The molecular weight excluding hydrogens is 280 g/mol. The fraction of sp³-hybridized carbons (Fsp3) is 0.353. The molecule has 0 amide bonds. The Bertz CT molecular complexity index is 672. The Balaban J connectivity index is 1.98. The van der Waals surface area contributed by atoms with Crippen LogP contribution in [-0.2, 0) is 9.31 Å². The minimum Gasteiger partial charge on any atom is -0.399 e. The van der Waals surface area contributed by atoms with Crippen molar-refractivity contribution in [2.75, 3.05) is 0 Å². The van der Waals surface area contributed by atoms with Gasteiger partial charge in [-0.05, 0) is 45.3 Å². The van der Waals surface area contributed by atoms with E-state index in [9.17, 15) is 4.39 Å². The van der Waals surface area contributed by atoms with E-state index in [1.54, 1.807) is 30.6 Å². The van der Waals surface area contributed by atoms with Crippen molar-refractivity contribution < 1.29 is 13.7 Å². The minimum absolute atomic E-state index is 0.284. The van der Waals surface area contributed by atoms with Crippen LogP contribution in [0.1, 0.15) is 27.7 Å². The van der Waals surface area contributed by atoms with Gasteiger partial charge in [0.15, 0.2) is 0 Å². The van der Waals surface area contributed by atoms with Crippen molar-refractivity contribution in [3.63, 3.8) is 0 Å². The SMILES string of the molecule is CC1(C)OB(c2ccc(F)c(-c3cccnc3)c2)OC1(C)C. The van der Waals surface area contributed by atoms with Gasteiger partial charge in [-0.1, -0.05) is 18.2 Å². The smallest absolute Gasteiger partial charge is 0.399 e. The van der Waals surface area contributed by atoms with E-state index in [0.29, 0.717) is 5.56 Å². The van der Waals surface area contributed by atoms with Gasteiger partial charge in [0.2, 0.25) is 0 Å². The summed E-state index contributed by atoms with van der Waals surface area (Å²) in [5, 5.41) is 0. The zero-order valence-corrected chi connectivity index (χ0v) is 13.3. The highest BCUT2D eigenvalue weighted by molar-refractivity contribution is 6.62. The zero-order chi connectivity index (χ0) is 16.0. The van der Waals surface area contributed by atoms with E-state index in [1.807, 2.05) is 33.8 Å². The van der Waals surface area contributed by atoms with E-state index in [0.717, 1.165) is 11.0 Å². The van der Waals surface area contributed by atoms with Gasteiger partial charge in [-0.15, -0.1) is 0 Å². The Hall–Kier alpha value is -1.72. The van der Waals surface area contributed by atoms with Crippen LogP contribution in [-0.4, -0.2) is 23.3 Å². The van der Waals surface area contributed by atoms with Crippen LogP contribution in [0.5, 0.6) is 0 Å². The molecule has 3 nitrogen and oxygen atoms in total. The van der Waals surface area contributed by atoms with Gasteiger partial charge in [0.25, 0.3) is 0 Å². The number of rotatable bonds is 2. The summed E-state index contributed by atoms with van der Waals surface area (Å²) in [5.41, 5.74) is 1.21. The average Bonchev–Trinajstić information content (AvgIpc) is 2.69. The largest absolute Gasteiger partial charge is 0.494 e. The molecule has 0 atom stereocenters. The summed E-state index contributed by atoms with van der Waals surface area (Å²) < 4.78 is 26.2. The normalized spacial score (nSPS) is 19.4. The van der Waals surface area contributed by atoms with Crippen molar-refractivity contribution in [1.29, 1.82) is 0 Å². The highest BCUT2D eigenvalue weighted by Gasteiger charge is 2.51. The highest BCUT2D eigenvalue weighted by atomic mass is 19.1. The first-order valence-corrected chi connectivity index (χ1v) is 7.36. The van der Waals surface area contributed by atoms with E-state index in [-0.39, 0.29) is 5.82 Å². The third-order valence-corrected chi connectivity index (χ3v) is 4.49. The molecule has 2 heterocycles. The number of pyridine rings is 1. The van der Waals surface area contributed by atoms with E-state index in [4.69, 9.17) is 9.31 Å². The summed E-state index contributed by atoms with van der Waals surface area (Å²) in [6.07, 6.45) is 3.31. The first-order valence-electron chi connectivity index (χ1n) is 7.36. The maximum absolute atomic E-state index is 14.1. The van der Waals surface area contributed by atoms with Gasteiger partial charge in [0.05, 0.1) is 11.2 Å². The van der Waals surface area contributed by atoms with E-state index in [1.165, 1.54) is 6.07 Å². The van der Waals surface area contributed by atoms with Crippen LogP contribution in [0.2, 0.25) is 0 Å². The number of nitrogens with zero attached hydrogens (tertiary/aromatic N) is 1. The molecular formula is C17H19BFNO2. The summed E-state index contributed by atoms with van der Waals surface area (Å²) in [5.74, 6) is -0.284. The van der Waals surface area contributed by atoms with Crippen molar-refractivity contribution in [3.05, 3.63) is 48.5 Å². The van der Waals surface area contributed by atoms with E-state index >= 15 is 0 Å². The van der Waals surface area contributed by atoms with E-state index in [2.05, 4.69) is 4.98 Å². The second-order valence-corrected chi connectivity index (χ2v) is 6.57. The predicted molar refractivity (Wildman–Crippen MR) is 85.3 cm³/mol. The fourth-order valence-corrected chi connectivity index (χ4v) is 2.41. The standard InChI is InChI=1S/C17H19BFNO2/c1-16(2)17(3,4)22-18(21-16)13-7-8-15(19)14(10-13)12-6-5-9-20-11-12/h5-11H,1-4H3. The molecule has 0 spiro atoms. The molecule has 3 rings (SSSR count). The number of benzene rings is 1. The second-order valence-electron chi connectivity index (χ2n) is 6.57. The first kappa shape index (κ1) is 15.2. The third-order valence-electron chi connectivity index (χ3n) is 4.49. The quantitative estimate of drug-likeness (QED) is 0.798. The van der Waals surface area contributed by atoms with E-state index < -0.39 is 18.3 Å². The molecule has 0 unspecified atom stereocenters. The molecule has 1 saturated heterocycles. The van der Waals surface area contributed by atoms with Gasteiger partial charge in [-0.3, -0.25) is 4.98 Å². The molecule has 114 valence electrons. The molecule has 0 radical (unpaired) electrons. The summed E-state index contributed by atoms with van der Waals surface area (Å²) >= 11 is 0. The van der Waals surface area contributed by atoms with Crippen LogP contribution in [0.3, 0.4) is 0 Å². The number of halogens is 1. The Labute approximate surface area is 130 Å². The van der Waals surface area contributed by atoms with Crippen molar-refractivity contribution in [2.45, 2.75) is 38.9 Å². The van der Waals surface area contributed by atoms with Gasteiger partial charge in [0.1, 0.15) is 5.82 Å². The molecule has 0 saturated carbocycles. The van der Waals surface area contributed by atoms with Crippen molar-refractivity contribution >= 4 is 12.6 Å². The number of hydrogen-bond acceptors (Lipinski definition) is 3. The van der Waals surface area contributed by atoms with Crippen LogP contribution in [0, 0.1) is 5.82 Å². The minimum atomic E-state index is -0.499. The monoisotopic (exact) mass is 299 g/mol. The third kappa shape index (κ3) is 2.55. The van der Waals surface area contributed by atoms with Crippen molar-refractivity contribution in [2.24, 2.45) is 0 Å². The molecule has 1 fully saturated rings. The molecule has 1 aromatic heterocycles. The average molecular weight is 299 g/mol. The van der Waals surface area contributed by atoms with Gasteiger partial charge in [-0.25, -0.2) is 4.39 Å². The summed E-state index contributed by atoms with van der Waals surface area (Å²) in [6.45, 7) is 7.99. The van der Waals surface area contributed by atoms with Gasteiger partial charge in [0, 0.05) is 23.5 Å². The molecule has 1 aromatic carbocycles. The van der Waals surface area contributed by atoms with Crippen LogP contribution in [0.15, 0.2) is 42.7 Å². The Kier molecular flexibility index (Phi) is 3.58. The maximum Gasteiger partial charge on any atom is 0.494 e. The molecule has 0 aliphatic carbocycles. The van der Waals surface area contributed by atoms with Crippen molar-refractivity contribution in [3.8, 4) is 11.1 Å². The lowest BCUT2D eigenvalue weighted by molar-refractivity contribution is 0.00578. The highest BCUT2D eigenvalue weighted by Crippen LogP contribution is 2.36. The molecule has 1 aliphatic heterocycles. The zero-order valence-electron chi connectivity index (χ0n) is 13.3. The second kappa shape index (κ2) is 5.18. The molecule has 2 aromatic rings. The van der Waals surface area contributed by atoms with Crippen molar-refractivity contribution in [1.82, 2.24) is 4.98 Å². The molecule has 0 N–H and O–H groups in total. The Morgan fingerprint density at radius 2 is 1.73 bits per heavy atom. The molecule has 0 bridgehead atoms. The molecule has 1 aliphatic rings. The van der Waals surface area contributed by atoms with Crippen LogP contribution in [0.4, 0.5) is 4.39 Å². The maximum atomic E-state index is 14.1. The van der Waals surface area contributed by atoms with Crippen LogP contribution < -0.4 is 5.46 Å². The predicted octanol–water partition coefficient (Wildman–Crippen LogP) is 3.19. The first-order chi connectivity index (χ1) is 10.3. The topological polar surface area (TPSA) is 31.4 Å². The Morgan fingerprint density at radius 1 is 1.05 bits per heavy atom. The number of hydrogen-bond donors (Lipinski definition) is 0. The lowest BCUT2D eigenvalue weighted by Gasteiger charge is -2.32. The summed E-state index contributed by atoms with van der Waals surface area (Å²) in [7, 11) is -0.499. The van der Waals surface area contributed by atoms with Gasteiger partial charge >= 0.3 is 7.12 Å². The van der Waals surface area contributed by atoms with Crippen LogP contribution >= 0.6 is 0 Å². The number of aromatic nitrogens is 1. The fourth-order valence-electron chi connectivity index (χ4n) is 2.41. The van der Waals surface area contributed by atoms with Gasteiger partial charge in [-0.2, -0.15) is 0 Å². The molecule has 22 heavy (non-hydrogen) atoms. The Morgan fingerprint density at radius 3 is 2.32 bits per heavy atom. The van der Waals surface area contributed by atoms with Gasteiger partial charge < -0.3 is 9.31 Å². The summed E-state index contributed by atoms with van der Waals surface area (Å²) in [4.78, 5) is 4.05. The van der Waals surface area contributed by atoms with Crippen LogP contribution in [0.25, 0.3) is 11.1 Å². The summed E-state index contributed by atoms with van der Waals surface area (Å²) in [6, 6.07) is 8.55.